The largest absolute Gasteiger partial charge is 0.370 e. The number of para-hydroxylation sites is 1. The second kappa shape index (κ2) is 8.37. The molecule has 1 N–H and O–H groups in total. The van der Waals surface area contributed by atoms with E-state index in [1.54, 1.807) is 24.3 Å². The summed E-state index contributed by atoms with van der Waals surface area (Å²) in [5.41, 5.74) is 0.844. The minimum atomic E-state index is -3.32. The maximum atomic E-state index is 12.4. The van der Waals surface area contributed by atoms with E-state index in [0.29, 0.717) is 15.8 Å². The number of rotatable bonds is 7. The molecule has 0 atom stereocenters. The summed E-state index contributed by atoms with van der Waals surface area (Å²) in [6, 6.07) is 14.5. The van der Waals surface area contributed by atoms with Crippen molar-refractivity contribution >= 4 is 54.2 Å². The minimum absolute atomic E-state index is 0.0338. The lowest BCUT2D eigenvalue weighted by Gasteiger charge is -2.09. The number of thioether (sulfide) groups is 1. The molecule has 136 valence electrons. The molecule has 0 amide bonds. The van der Waals surface area contributed by atoms with Gasteiger partial charge in [-0.25, -0.2) is 18.4 Å². The topological polar surface area (TPSA) is 72.0 Å². The van der Waals surface area contributed by atoms with Gasteiger partial charge in [0.25, 0.3) is 0 Å². The first-order valence-electron chi connectivity index (χ1n) is 8.11. The van der Waals surface area contributed by atoms with Crippen molar-refractivity contribution in [1.82, 2.24) is 9.97 Å². The molecule has 0 radical (unpaired) electrons. The Balaban J connectivity index is 1.74. The van der Waals surface area contributed by atoms with Crippen LogP contribution in [0.15, 0.2) is 63.1 Å². The minimum Gasteiger partial charge on any atom is -0.370 e. The quantitative estimate of drug-likeness (QED) is 0.424. The number of halogens is 1. The van der Waals surface area contributed by atoms with Crippen molar-refractivity contribution in [2.24, 2.45) is 0 Å². The molecule has 0 aliphatic heterocycles. The fourth-order valence-corrected chi connectivity index (χ4v) is 5.19. The molecule has 0 aliphatic rings. The summed E-state index contributed by atoms with van der Waals surface area (Å²) in [5.74, 6) is 1.20. The van der Waals surface area contributed by atoms with Gasteiger partial charge in [-0.3, -0.25) is 0 Å². The van der Waals surface area contributed by atoms with Gasteiger partial charge >= 0.3 is 0 Å². The first kappa shape index (κ1) is 19.1. The maximum absolute atomic E-state index is 12.4. The van der Waals surface area contributed by atoms with Crippen LogP contribution >= 0.6 is 27.7 Å². The van der Waals surface area contributed by atoms with E-state index in [9.17, 15) is 8.42 Å². The standard InChI is InChI=1S/C18H18BrN3O2S2/c1-2-20-17-15-5-3-4-6-16(15)21-18(22-17)25-11-12-26(23,24)14-9-7-13(19)8-10-14/h3-10H,2,11-12H2,1H3,(H,20,21,22). The molecule has 0 spiro atoms. The molecule has 1 aromatic heterocycles. The first-order valence-corrected chi connectivity index (χ1v) is 11.5. The van der Waals surface area contributed by atoms with Gasteiger partial charge in [0.05, 0.1) is 16.2 Å². The van der Waals surface area contributed by atoms with Gasteiger partial charge in [0, 0.05) is 22.2 Å². The molecule has 3 aromatic rings. The molecule has 1 heterocycles. The van der Waals surface area contributed by atoms with E-state index in [2.05, 4.69) is 31.2 Å². The Kier molecular flexibility index (Phi) is 6.16. The van der Waals surface area contributed by atoms with Gasteiger partial charge in [-0.1, -0.05) is 39.8 Å². The highest BCUT2D eigenvalue weighted by Gasteiger charge is 2.15. The predicted octanol–water partition coefficient (Wildman–Crippen LogP) is 4.39. The Morgan fingerprint density at radius 3 is 2.54 bits per heavy atom. The highest BCUT2D eigenvalue weighted by molar-refractivity contribution is 9.10. The Morgan fingerprint density at radius 1 is 1.08 bits per heavy atom. The van der Waals surface area contributed by atoms with E-state index in [4.69, 9.17) is 0 Å². The maximum Gasteiger partial charge on any atom is 0.190 e. The Labute approximate surface area is 165 Å². The van der Waals surface area contributed by atoms with Gasteiger partial charge in [-0.15, -0.1) is 0 Å². The van der Waals surface area contributed by atoms with Gasteiger partial charge in [0.1, 0.15) is 5.82 Å². The smallest absolute Gasteiger partial charge is 0.190 e. The number of hydrogen-bond donors (Lipinski definition) is 1. The molecule has 0 fully saturated rings. The second-order valence-electron chi connectivity index (χ2n) is 5.52. The Hall–Kier alpha value is -1.64. The Morgan fingerprint density at radius 2 is 1.81 bits per heavy atom. The van der Waals surface area contributed by atoms with Gasteiger partial charge in [0.2, 0.25) is 0 Å². The van der Waals surface area contributed by atoms with Crippen LogP contribution in [0.5, 0.6) is 0 Å². The van der Waals surface area contributed by atoms with E-state index in [-0.39, 0.29) is 5.75 Å². The summed E-state index contributed by atoms with van der Waals surface area (Å²) < 4.78 is 25.7. The zero-order valence-electron chi connectivity index (χ0n) is 14.1. The average molecular weight is 452 g/mol. The summed E-state index contributed by atoms with van der Waals surface area (Å²) in [6.07, 6.45) is 0. The number of sulfone groups is 1. The summed E-state index contributed by atoms with van der Waals surface area (Å²) >= 11 is 4.66. The number of aromatic nitrogens is 2. The molecule has 0 saturated heterocycles. The van der Waals surface area contributed by atoms with E-state index < -0.39 is 9.84 Å². The van der Waals surface area contributed by atoms with Crippen LogP contribution in [-0.4, -0.2) is 36.4 Å². The van der Waals surface area contributed by atoms with Crippen LogP contribution in [0, 0.1) is 0 Å². The van der Waals surface area contributed by atoms with Crippen molar-refractivity contribution in [1.29, 1.82) is 0 Å². The molecule has 3 rings (SSSR count). The van der Waals surface area contributed by atoms with Crippen LogP contribution in [0.4, 0.5) is 5.82 Å². The third kappa shape index (κ3) is 4.55. The molecule has 0 unspecified atom stereocenters. The fraction of sp³-hybridized carbons (Fsp3) is 0.222. The van der Waals surface area contributed by atoms with Crippen LogP contribution in [0.3, 0.4) is 0 Å². The number of fused-ring (bicyclic) bond motifs is 1. The number of nitrogens with zero attached hydrogens (tertiary/aromatic N) is 2. The molecule has 5 nitrogen and oxygen atoms in total. The van der Waals surface area contributed by atoms with Crippen molar-refractivity contribution in [3.8, 4) is 0 Å². The van der Waals surface area contributed by atoms with Crippen molar-refractivity contribution in [2.45, 2.75) is 17.0 Å². The van der Waals surface area contributed by atoms with Crippen molar-refractivity contribution < 1.29 is 8.42 Å². The van der Waals surface area contributed by atoms with Gasteiger partial charge < -0.3 is 5.32 Å². The first-order chi connectivity index (χ1) is 12.5. The highest BCUT2D eigenvalue weighted by Crippen LogP contribution is 2.25. The number of anilines is 1. The van der Waals surface area contributed by atoms with E-state index in [1.807, 2.05) is 31.2 Å². The van der Waals surface area contributed by atoms with Crippen LogP contribution in [0.25, 0.3) is 10.9 Å². The number of benzene rings is 2. The molecule has 0 bridgehead atoms. The third-order valence-corrected chi connectivity index (χ3v) is 7.05. The van der Waals surface area contributed by atoms with Crippen LogP contribution in [0.1, 0.15) is 6.92 Å². The summed E-state index contributed by atoms with van der Waals surface area (Å²) in [6.45, 7) is 2.76. The molecule has 0 saturated carbocycles. The van der Waals surface area contributed by atoms with Crippen molar-refractivity contribution in [3.63, 3.8) is 0 Å². The average Bonchev–Trinajstić information content (AvgIpc) is 2.62. The highest BCUT2D eigenvalue weighted by atomic mass is 79.9. The SMILES string of the molecule is CCNc1nc(SCCS(=O)(=O)c2ccc(Br)cc2)nc2ccccc12. The number of hydrogen-bond acceptors (Lipinski definition) is 6. The van der Waals surface area contributed by atoms with E-state index in [0.717, 1.165) is 27.7 Å². The Bertz CT molecular complexity index is 1010. The lowest BCUT2D eigenvalue weighted by Crippen LogP contribution is -2.09. The van der Waals surface area contributed by atoms with Gasteiger partial charge in [0.15, 0.2) is 15.0 Å². The molecular weight excluding hydrogens is 434 g/mol. The molecule has 2 aromatic carbocycles. The van der Waals surface area contributed by atoms with Crippen molar-refractivity contribution in [2.75, 3.05) is 23.4 Å². The molecule has 8 heteroatoms. The third-order valence-electron chi connectivity index (χ3n) is 3.68. The zero-order valence-corrected chi connectivity index (χ0v) is 17.4. The normalized spacial score (nSPS) is 11.6. The molecule has 0 aliphatic carbocycles. The zero-order chi connectivity index (χ0) is 18.6. The fourth-order valence-electron chi connectivity index (χ4n) is 2.42. The number of nitrogens with one attached hydrogen (secondary N) is 1. The predicted molar refractivity (Wildman–Crippen MR) is 111 cm³/mol. The second-order valence-corrected chi connectivity index (χ2v) is 9.61. The van der Waals surface area contributed by atoms with E-state index in [1.165, 1.54) is 11.8 Å². The van der Waals surface area contributed by atoms with Gasteiger partial charge in [-0.05, 0) is 43.3 Å². The lowest BCUT2D eigenvalue weighted by atomic mass is 10.2. The monoisotopic (exact) mass is 451 g/mol. The van der Waals surface area contributed by atoms with Crippen LogP contribution in [-0.2, 0) is 9.84 Å². The molecular formula is C18H18BrN3O2S2. The lowest BCUT2D eigenvalue weighted by molar-refractivity contribution is 0.597. The molecule has 26 heavy (non-hydrogen) atoms. The summed E-state index contributed by atoms with van der Waals surface area (Å²) in [4.78, 5) is 9.39. The van der Waals surface area contributed by atoms with E-state index >= 15 is 0 Å². The van der Waals surface area contributed by atoms with Crippen LogP contribution in [0.2, 0.25) is 0 Å². The van der Waals surface area contributed by atoms with Gasteiger partial charge in [-0.2, -0.15) is 0 Å². The van der Waals surface area contributed by atoms with Crippen LogP contribution < -0.4 is 5.32 Å². The summed E-state index contributed by atoms with van der Waals surface area (Å²) in [7, 11) is -3.32. The van der Waals surface area contributed by atoms with Crippen molar-refractivity contribution in [3.05, 3.63) is 53.0 Å². The summed E-state index contributed by atoms with van der Waals surface area (Å²) in [5, 5.41) is 4.78.